The van der Waals surface area contributed by atoms with Gasteiger partial charge in [-0.05, 0) is 92.3 Å². The minimum absolute atomic E-state index is 0.844. The quantitative estimate of drug-likeness (QED) is 0.715. The van der Waals surface area contributed by atoms with Gasteiger partial charge in [-0.3, -0.25) is 9.98 Å². The molecule has 4 rings (SSSR count). The fourth-order valence-electron chi connectivity index (χ4n) is 4.43. The number of piperidine rings is 1. The first kappa shape index (κ1) is 20.5. The van der Waals surface area contributed by atoms with Gasteiger partial charge in [0.15, 0.2) is 0 Å². The van der Waals surface area contributed by atoms with Crippen LogP contribution >= 0.6 is 0 Å². The smallest absolute Gasteiger partial charge is 0.0679 e. The molecular weight excluding hydrogens is 368 g/mol. The minimum atomic E-state index is 0.844. The van der Waals surface area contributed by atoms with Crippen LogP contribution in [-0.2, 0) is 13.0 Å². The van der Waals surface area contributed by atoms with Crippen molar-refractivity contribution in [2.45, 2.75) is 46.1 Å². The summed E-state index contributed by atoms with van der Waals surface area (Å²) in [7, 11) is 2.01. The highest BCUT2D eigenvalue weighted by Crippen LogP contribution is 2.36. The standard InChI is InChI=1S/C26H32N4/c1-18(13-21-9-8-10-28-19(21)2)25-16-24-23(17-27-4)14-22(15-26(24)29-25)20(3)30-11-6-5-7-12-30/h8-10,13-15,27H,3,5-7,11-12,16-17H2,1-2,4H3/b18-13+. The maximum atomic E-state index is 5.05. The average molecular weight is 401 g/mol. The number of pyridine rings is 1. The molecule has 0 unspecified atom stereocenters. The van der Waals surface area contributed by atoms with E-state index in [0.29, 0.717) is 0 Å². The summed E-state index contributed by atoms with van der Waals surface area (Å²) < 4.78 is 0. The number of hydrogen-bond acceptors (Lipinski definition) is 4. The summed E-state index contributed by atoms with van der Waals surface area (Å²) >= 11 is 0. The Balaban J connectivity index is 1.65. The van der Waals surface area contributed by atoms with Crippen LogP contribution in [0.15, 0.2) is 47.6 Å². The van der Waals surface area contributed by atoms with Crippen molar-refractivity contribution in [2.24, 2.45) is 4.99 Å². The van der Waals surface area contributed by atoms with E-state index in [2.05, 4.69) is 53.0 Å². The van der Waals surface area contributed by atoms with Crippen molar-refractivity contribution in [1.29, 1.82) is 0 Å². The molecule has 0 amide bonds. The molecule has 1 saturated heterocycles. The van der Waals surface area contributed by atoms with Gasteiger partial charge in [0, 0.05) is 49.4 Å². The van der Waals surface area contributed by atoms with E-state index in [1.807, 2.05) is 26.2 Å². The highest BCUT2D eigenvalue weighted by molar-refractivity contribution is 6.09. The molecule has 2 aliphatic rings. The zero-order valence-corrected chi connectivity index (χ0v) is 18.5. The zero-order chi connectivity index (χ0) is 21.1. The van der Waals surface area contributed by atoms with Crippen LogP contribution in [0.2, 0.25) is 0 Å². The van der Waals surface area contributed by atoms with Gasteiger partial charge in [0.05, 0.1) is 5.69 Å². The van der Waals surface area contributed by atoms with Gasteiger partial charge in [0.2, 0.25) is 0 Å². The molecule has 0 saturated carbocycles. The van der Waals surface area contributed by atoms with E-state index >= 15 is 0 Å². The van der Waals surface area contributed by atoms with Crippen molar-refractivity contribution in [3.8, 4) is 0 Å². The van der Waals surface area contributed by atoms with Gasteiger partial charge >= 0.3 is 0 Å². The van der Waals surface area contributed by atoms with Crippen LogP contribution in [0.3, 0.4) is 0 Å². The summed E-state index contributed by atoms with van der Waals surface area (Å²) in [6, 6.07) is 8.65. The second-order valence-corrected chi connectivity index (χ2v) is 8.40. The van der Waals surface area contributed by atoms with E-state index in [-0.39, 0.29) is 0 Å². The van der Waals surface area contributed by atoms with Gasteiger partial charge in [0.1, 0.15) is 0 Å². The molecule has 1 fully saturated rings. The number of hydrogen-bond donors (Lipinski definition) is 1. The van der Waals surface area contributed by atoms with Crippen molar-refractivity contribution < 1.29 is 0 Å². The number of fused-ring (bicyclic) bond motifs is 1. The number of aliphatic imine (C=N–C) groups is 1. The highest BCUT2D eigenvalue weighted by Gasteiger charge is 2.22. The molecule has 30 heavy (non-hydrogen) atoms. The summed E-state index contributed by atoms with van der Waals surface area (Å²) in [6.07, 6.45) is 8.77. The Morgan fingerprint density at radius 2 is 2.03 bits per heavy atom. The Hall–Kier alpha value is -2.72. The zero-order valence-electron chi connectivity index (χ0n) is 18.5. The highest BCUT2D eigenvalue weighted by atomic mass is 15.1. The van der Waals surface area contributed by atoms with Crippen molar-refractivity contribution in [3.05, 3.63) is 70.6 Å². The van der Waals surface area contributed by atoms with Gasteiger partial charge in [-0.15, -0.1) is 0 Å². The van der Waals surface area contributed by atoms with E-state index in [0.717, 1.165) is 54.4 Å². The molecule has 156 valence electrons. The van der Waals surface area contributed by atoms with Gasteiger partial charge in [-0.25, -0.2) is 0 Å². The third-order valence-corrected chi connectivity index (χ3v) is 6.23. The molecule has 4 heteroatoms. The Bertz CT molecular complexity index is 1010. The maximum absolute atomic E-state index is 5.05. The number of nitrogens with zero attached hydrogens (tertiary/aromatic N) is 3. The number of aromatic nitrogens is 1. The molecular formula is C26H32N4. The molecule has 1 aromatic heterocycles. The first-order valence-electron chi connectivity index (χ1n) is 11.0. The van der Waals surface area contributed by atoms with E-state index in [1.54, 1.807) is 0 Å². The van der Waals surface area contributed by atoms with Crippen LogP contribution in [-0.4, -0.2) is 35.7 Å². The Morgan fingerprint density at radius 3 is 2.77 bits per heavy atom. The van der Waals surface area contributed by atoms with Crippen molar-refractivity contribution in [3.63, 3.8) is 0 Å². The second kappa shape index (κ2) is 8.97. The molecule has 2 aliphatic heterocycles. The lowest BCUT2D eigenvalue weighted by Crippen LogP contribution is -2.27. The number of nitrogens with one attached hydrogen (secondary N) is 1. The van der Waals surface area contributed by atoms with Crippen LogP contribution in [0.1, 0.15) is 54.1 Å². The predicted molar refractivity (Wildman–Crippen MR) is 127 cm³/mol. The maximum Gasteiger partial charge on any atom is 0.0679 e. The molecule has 0 radical (unpaired) electrons. The van der Waals surface area contributed by atoms with Crippen LogP contribution in [0.5, 0.6) is 0 Å². The van der Waals surface area contributed by atoms with Crippen LogP contribution in [0, 0.1) is 6.92 Å². The Labute approximate surface area is 180 Å². The summed E-state index contributed by atoms with van der Waals surface area (Å²) in [5.74, 6) is 0. The van der Waals surface area contributed by atoms with Crippen LogP contribution in [0.4, 0.5) is 5.69 Å². The third kappa shape index (κ3) is 4.24. The second-order valence-electron chi connectivity index (χ2n) is 8.40. The lowest BCUT2D eigenvalue weighted by molar-refractivity contribution is 0.326. The Morgan fingerprint density at radius 1 is 1.23 bits per heavy atom. The number of benzene rings is 1. The molecule has 1 N–H and O–H groups in total. The SMILES string of the molecule is C=C(c1cc(CNC)c2c(c1)N=C(/C(C)=C/c1cccnc1C)C2)N1CCCCC1. The molecule has 0 atom stereocenters. The van der Waals surface area contributed by atoms with Crippen molar-refractivity contribution >= 4 is 23.2 Å². The van der Waals surface area contributed by atoms with Crippen LogP contribution in [0.25, 0.3) is 11.8 Å². The Kier molecular flexibility index (Phi) is 6.14. The monoisotopic (exact) mass is 400 g/mol. The topological polar surface area (TPSA) is 40.5 Å². The lowest BCUT2D eigenvalue weighted by atomic mass is 9.96. The van der Waals surface area contributed by atoms with Gasteiger partial charge in [0.25, 0.3) is 0 Å². The first-order valence-corrected chi connectivity index (χ1v) is 11.0. The number of aryl methyl sites for hydroxylation is 1. The predicted octanol–water partition coefficient (Wildman–Crippen LogP) is 5.30. The third-order valence-electron chi connectivity index (χ3n) is 6.23. The van der Waals surface area contributed by atoms with Gasteiger partial charge in [-0.2, -0.15) is 0 Å². The summed E-state index contributed by atoms with van der Waals surface area (Å²) in [4.78, 5) is 11.9. The van der Waals surface area contributed by atoms with Gasteiger partial charge < -0.3 is 10.2 Å². The normalized spacial score (nSPS) is 16.4. The molecule has 4 nitrogen and oxygen atoms in total. The first-order chi connectivity index (χ1) is 14.6. The van der Waals surface area contributed by atoms with E-state index < -0.39 is 0 Å². The number of allylic oxidation sites excluding steroid dienone is 1. The lowest BCUT2D eigenvalue weighted by Gasteiger charge is -2.31. The minimum Gasteiger partial charge on any atom is -0.372 e. The summed E-state index contributed by atoms with van der Waals surface area (Å²) in [5, 5.41) is 3.33. The number of likely N-dealkylation sites (tertiary alicyclic amines) is 1. The molecule has 0 bridgehead atoms. The molecule has 3 heterocycles. The fourth-order valence-corrected chi connectivity index (χ4v) is 4.43. The molecule has 2 aromatic rings. The van der Waals surface area contributed by atoms with Crippen molar-refractivity contribution in [1.82, 2.24) is 15.2 Å². The molecule has 1 aromatic carbocycles. The average Bonchev–Trinajstić information content (AvgIpc) is 3.20. The van der Waals surface area contributed by atoms with Gasteiger partial charge in [-0.1, -0.05) is 12.6 Å². The molecule has 0 spiro atoms. The van der Waals surface area contributed by atoms with E-state index in [9.17, 15) is 0 Å². The summed E-state index contributed by atoms with van der Waals surface area (Å²) in [5.41, 5.74) is 10.7. The number of rotatable bonds is 6. The van der Waals surface area contributed by atoms with Crippen molar-refractivity contribution in [2.75, 3.05) is 20.1 Å². The van der Waals surface area contributed by atoms with E-state index in [4.69, 9.17) is 4.99 Å². The summed E-state index contributed by atoms with van der Waals surface area (Å²) in [6.45, 7) is 11.7. The molecule has 0 aliphatic carbocycles. The largest absolute Gasteiger partial charge is 0.372 e. The van der Waals surface area contributed by atoms with E-state index in [1.165, 1.54) is 41.5 Å². The van der Waals surface area contributed by atoms with Crippen LogP contribution < -0.4 is 5.32 Å². The fraction of sp³-hybridized carbons (Fsp3) is 0.385.